The van der Waals surface area contributed by atoms with Crippen LogP contribution in [0.25, 0.3) is 6.08 Å². The van der Waals surface area contributed by atoms with E-state index in [-0.39, 0.29) is 11.9 Å². The Bertz CT molecular complexity index is 544. The maximum absolute atomic E-state index is 13.4. The number of hydrogen-bond donors (Lipinski definition) is 1. The molecule has 4 nitrogen and oxygen atoms in total. The van der Waals surface area contributed by atoms with E-state index in [1.165, 1.54) is 18.2 Å². The molecule has 1 fully saturated rings. The summed E-state index contributed by atoms with van der Waals surface area (Å²) >= 11 is 0. The van der Waals surface area contributed by atoms with Gasteiger partial charge < -0.3 is 14.7 Å². The van der Waals surface area contributed by atoms with Crippen LogP contribution in [0, 0.1) is 11.7 Å². The summed E-state index contributed by atoms with van der Waals surface area (Å²) < 4.78 is 18.9. The van der Waals surface area contributed by atoms with Gasteiger partial charge in [0, 0.05) is 37.5 Å². The van der Waals surface area contributed by atoms with Crippen molar-refractivity contribution >= 4 is 17.7 Å². The molecule has 0 bridgehead atoms. The maximum atomic E-state index is 13.4. The average molecular weight is 293 g/mol. The third kappa shape index (κ3) is 3.82. The molecule has 1 aromatic rings. The number of anilines is 1. The molecule has 1 N–H and O–H groups in total. The Morgan fingerprint density at radius 3 is 2.95 bits per heavy atom. The Morgan fingerprint density at radius 2 is 2.29 bits per heavy atom. The summed E-state index contributed by atoms with van der Waals surface area (Å²) in [7, 11) is 1.70. The predicted molar refractivity (Wildman–Crippen MR) is 79.9 cm³/mol. The first kappa shape index (κ1) is 15.5. The highest BCUT2D eigenvalue weighted by Gasteiger charge is 2.27. The number of methoxy groups -OCH3 is 1. The van der Waals surface area contributed by atoms with Crippen LogP contribution in [0.1, 0.15) is 18.9 Å². The van der Waals surface area contributed by atoms with Crippen LogP contribution in [-0.4, -0.2) is 37.4 Å². The van der Waals surface area contributed by atoms with Crippen molar-refractivity contribution in [1.82, 2.24) is 0 Å². The van der Waals surface area contributed by atoms with E-state index >= 15 is 0 Å². The van der Waals surface area contributed by atoms with Gasteiger partial charge in [0.25, 0.3) is 0 Å². The Balaban J connectivity index is 2.28. The van der Waals surface area contributed by atoms with Gasteiger partial charge in [-0.05, 0) is 36.6 Å². The van der Waals surface area contributed by atoms with Crippen LogP contribution in [0.5, 0.6) is 0 Å². The van der Waals surface area contributed by atoms with Gasteiger partial charge in [0.05, 0.1) is 6.10 Å². The first-order valence-electron chi connectivity index (χ1n) is 6.99. The van der Waals surface area contributed by atoms with Gasteiger partial charge in [-0.2, -0.15) is 0 Å². The summed E-state index contributed by atoms with van der Waals surface area (Å²) in [5, 5.41) is 8.75. The van der Waals surface area contributed by atoms with Crippen molar-refractivity contribution < 1.29 is 19.0 Å². The van der Waals surface area contributed by atoms with Gasteiger partial charge in [-0.1, -0.05) is 6.92 Å². The van der Waals surface area contributed by atoms with Crippen LogP contribution in [-0.2, 0) is 9.53 Å². The molecular weight excluding hydrogens is 273 g/mol. The van der Waals surface area contributed by atoms with E-state index < -0.39 is 5.97 Å². The van der Waals surface area contributed by atoms with Crippen LogP contribution >= 0.6 is 0 Å². The molecule has 0 aliphatic carbocycles. The van der Waals surface area contributed by atoms with E-state index in [0.717, 1.165) is 31.3 Å². The van der Waals surface area contributed by atoms with E-state index in [4.69, 9.17) is 9.84 Å². The summed E-state index contributed by atoms with van der Waals surface area (Å²) in [6.07, 6.45) is 3.57. The second-order valence-corrected chi connectivity index (χ2v) is 5.36. The lowest BCUT2D eigenvalue weighted by atomic mass is 9.95. The van der Waals surface area contributed by atoms with Gasteiger partial charge >= 0.3 is 5.97 Å². The molecule has 0 amide bonds. The summed E-state index contributed by atoms with van der Waals surface area (Å²) in [5.41, 5.74) is 1.41. The zero-order valence-corrected chi connectivity index (χ0v) is 12.3. The Kier molecular flexibility index (Phi) is 4.96. The fourth-order valence-corrected chi connectivity index (χ4v) is 2.67. The highest BCUT2D eigenvalue weighted by atomic mass is 19.1. The molecule has 2 atom stereocenters. The van der Waals surface area contributed by atoms with Crippen molar-refractivity contribution in [2.24, 2.45) is 5.92 Å². The quantitative estimate of drug-likeness (QED) is 0.867. The van der Waals surface area contributed by atoms with E-state index in [1.807, 2.05) is 0 Å². The Labute approximate surface area is 123 Å². The fraction of sp³-hybridized carbons (Fsp3) is 0.438. The van der Waals surface area contributed by atoms with Gasteiger partial charge in [0.2, 0.25) is 0 Å². The highest BCUT2D eigenvalue weighted by Crippen LogP contribution is 2.29. The van der Waals surface area contributed by atoms with E-state index in [2.05, 4.69) is 11.8 Å². The van der Waals surface area contributed by atoms with E-state index in [1.54, 1.807) is 13.2 Å². The number of carboxylic acids is 1. The van der Waals surface area contributed by atoms with E-state index in [0.29, 0.717) is 11.5 Å². The predicted octanol–water partition coefficient (Wildman–Crippen LogP) is 2.78. The van der Waals surface area contributed by atoms with Crippen LogP contribution in [0.2, 0.25) is 0 Å². The minimum Gasteiger partial charge on any atom is -0.478 e. The van der Waals surface area contributed by atoms with Gasteiger partial charge in [0.15, 0.2) is 0 Å². The number of carbonyl (C=O) groups is 1. The molecule has 1 aromatic carbocycles. The van der Waals surface area contributed by atoms with Crippen LogP contribution in [0.15, 0.2) is 24.3 Å². The van der Waals surface area contributed by atoms with Crippen molar-refractivity contribution in [2.45, 2.75) is 19.4 Å². The zero-order chi connectivity index (χ0) is 15.4. The number of aliphatic carboxylic acids is 1. The smallest absolute Gasteiger partial charge is 0.328 e. The average Bonchev–Trinajstić information content (AvgIpc) is 2.46. The number of halogens is 1. The Hall–Kier alpha value is -1.88. The minimum atomic E-state index is -1.05. The van der Waals surface area contributed by atoms with E-state index in [9.17, 15) is 9.18 Å². The van der Waals surface area contributed by atoms with Crippen molar-refractivity contribution in [3.05, 3.63) is 35.7 Å². The summed E-state index contributed by atoms with van der Waals surface area (Å²) in [6, 6.07) is 4.45. The second-order valence-electron chi connectivity index (χ2n) is 5.36. The molecule has 21 heavy (non-hydrogen) atoms. The SMILES string of the molecule is COC1CN(c2ccc(F)cc2/C=C/C(=O)O)CCC1C. The molecule has 0 saturated carbocycles. The molecule has 1 aliphatic rings. The normalized spacial score (nSPS) is 22.7. The lowest BCUT2D eigenvalue weighted by Gasteiger charge is -2.38. The third-order valence-corrected chi connectivity index (χ3v) is 3.93. The first-order chi connectivity index (χ1) is 10.0. The molecular formula is C16H20FNO3. The van der Waals surface area contributed by atoms with Crippen molar-refractivity contribution in [3.8, 4) is 0 Å². The summed E-state index contributed by atoms with van der Waals surface area (Å²) in [5.74, 6) is -0.950. The number of benzene rings is 1. The lowest BCUT2D eigenvalue weighted by Crippen LogP contribution is -2.44. The standard InChI is InChI=1S/C16H20FNO3/c1-11-7-8-18(10-15(11)21-2)14-5-4-13(17)9-12(14)3-6-16(19)20/h3-6,9,11,15H,7-8,10H2,1-2H3,(H,19,20)/b6-3+. The van der Waals surface area contributed by atoms with Crippen molar-refractivity contribution in [1.29, 1.82) is 0 Å². The molecule has 114 valence electrons. The lowest BCUT2D eigenvalue weighted by molar-refractivity contribution is -0.131. The monoisotopic (exact) mass is 293 g/mol. The molecule has 1 aliphatic heterocycles. The largest absolute Gasteiger partial charge is 0.478 e. The molecule has 2 rings (SSSR count). The van der Waals surface area contributed by atoms with Gasteiger partial charge in [-0.15, -0.1) is 0 Å². The number of ether oxygens (including phenoxy) is 1. The van der Waals surface area contributed by atoms with Gasteiger partial charge in [-0.3, -0.25) is 0 Å². The minimum absolute atomic E-state index is 0.125. The van der Waals surface area contributed by atoms with Gasteiger partial charge in [-0.25, -0.2) is 9.18 Å². The topological polar surface area (TPSA) is 49.8 Å². The summed E-state index contributed by atoms with van der Waals surface area (Å²) in [4.78, 5) is 12.8. The molecule has 1 heterocycles. The fourth-order valence-electron chi connectivity index (χ4n) is 2.67. The van der Waals surface area contributed by atoms with Crippen LogP contribution in [0.4, 0.5) is 10.1 Å². The third-order valence-electron chi connectivity index (χ3n) is 3.93. The second kappa shape index (κ2) is 6.72. The summed E-state index contributed by atoms with van der Waals surface area (Å²) in [6.45, 7) is 3.72. The Morgan fingerprint density at radius 1 is 1.52 bits per heavy atom. The zero-order valence-electron chi connectivity index (χ0n) is 12.3. The van der Waals surface area contributed by atoms with Crippen molar-refractivity contribution in [2.75, 3.05) is 25.1 Å². The van der Waals surface area contributed by atoms with Crippen molar-refractivity contribution in [3.63, 3.8) is 0 Å². The number of carboxylic acid groups (broad SMARTS) is 1. The molecule has 1 saturated heterocycles. The molecule has 0 spiro atoms. The number of hydrogen-bond acceptors (Lipinski definition) is 3. The molecule has 0 aromatic heterocycles. The highest BCUT2D eigenvalue weighted by molar-refractivity contribution is 5.87. The first-order valence-corrected chi connectivity index (χ1v) is 6.99. The van der Waals surface area contributed by atoms with Crippen LogP contribution in [0.3, 0.4) is 0 Å². The number of nitrogens with zero attached hydrogens (tertiary/aromatic N) is 1. The number of piperidine rings is 1. The molecule has 0 radical (unpaired) electrons. The molecule has 5 heteroatoms. The van der Waals surface area contributed by atoms with Gasteiger partial charge in [0.1, 0.15) is 5.82 Å². The number of rotatable bonds is 4. The van der Waals surface area contributed by atoms with Crippen LogP contribution < -0.4 is 4.90 Å². The molecule has 2 unspecified atom stereocenters. The maximum Gasteiger partial charge on any atom is 0.328 e.